The van der Waals surface area contributed by atoms with Crippen molar-refractivity contribution >= 4 is 0 Å². The van der Waals surface area contributed by atoms with Gasteiger partial charge in [0.15, 0.2) is 0 Å². The summed E-state index contributed by atoms with van der Waals surface area (Å²) in [6, 6.07) is 0. The number of likely N-dealkylation sites (tertiary alicyclic amines) is 1. The van der Waals surface area contributed by atoms with Gasteiger partial charge in [-0.1, -0.05) is 13.3 Å². The van der Waals surface area contributed by atoms with Crippen molar-refractivity contribution in [3.8, 4) is 0 Å². The van der Waals surface area contributed by atoms with Gasteiger partial charge in [0.2, 0.25) is 0 Å². The molecule has 1 saturated carbocycles. The Morgan fingerprint density at radius 1 is 0.944 bits per heavy atom. The summed E-state index contributed by atoms with van der Waals surface area (Å²) in [5.74, 6) is 0. The van der Waals surface area contributed by atoms with Crippen LogP contribution in [-0.4, -0.2) is 50.7 Å². The van der Waals surface area contributed by atoms with Crippen LogP contribution in [-0.2, 0) is 0 Å². The summed E-state index contributed by atoms with van der Waals surface area (Å²) in [4.78, 5) is 2.56. The van der Waals surface area contributed by atoms with Crippen LogP contribution in [0.4, 0.5) is 0 Å². The lowest BCUT2D eigenvalue weighted by atomic mass is 9.68. The van der Waals surface area contributed by atoms with E-state index >= 15 is 0 Å². The molecule has 4 rings (SSSR count). The first-order valence-electron chi connectivity index (χ1n) is 7.90. The zero-order chi connectivity index (χ0) is 12.5. The molecule has 3 heterocycles. The third-order valence-corrected chi connectivity index (χ3v) is 5.71. The third kappa shape index (κ3) is 2.45. The van der Waals surface area contributed by atoms with Crippen molar-refractivity contribution in [3.05, 3.63) is 0 Å². The van der Waals surface area contributed by atoms with Crippen LogP contribution in [0.3, 0.4) is 0 Å². The average Bonchev–Trinajstić information content (AvgIpc) is 2.95. The number of nitrogens with one attached hydrogen (secondary N) is 2. The largest absolute Gasteiger partial charge is 0.316 e. The predicted molar refractivity (Wildman–Crippen MR) is 75.8 cm³/mol. The Morgan fingerprint density at radius 3 is 2.00 bits per heavy atom. The second-order valence-electron chi connectivity index (χ2n) is 7.00. The highest BCUT2D eigenvalue weighted by Crippen LogP contribution is 2.45. The van der Waals surface area contributed by atoms with Crippen molar-refractivity contribution in [2.75, 3.05) is 45.8 Å². The molecule has 3 saturated heterocycles. The highest BCUT2D eigenvalue weighted by atomic mass is 15.2. The molecule has 3 nitrogen and oxygen atoms in total. The first-order valence-corrected chi connectivity index (χ1v) is 7.90. The monoisotopic (exact) mass is 251 g/mol. The minimum absolute atomic E-state index is 0.704. The van der Waals surface area contributed by atoms with Crippen molar-refractivity contribution in [2.45, 2.75) is 39.0 Å². The molecule has 4 fully saturated rings. The summed E-state index contributed by atoms with van der Waals surface area (Å²) in [7, 11) is 0. The van der Waals surface area contributed by atoms with E-state index in [2.05, 4.69) is 22.5 Å². The van der Waals surface area contributed by atoms with Crippen molar-refractivity contribution in [2.24, 2.45) is 10.8 Å². The van der Waals surface area contributed by atoms with Crippen LogP contribution in [0.2, 0.25) is 0 Å². The zero-order valence-electron chi connectivity index (χ0n) is 11.9. The fourth-order valence-corrected chi connectivity index (χ4v) is 3.96. The topological polar surface area (TPSA) is 27.3 Å². The van der Waals surface area contributed by atoms with Gasteiger partial charge in [0.1, 0.15) is 0 Å². The summed E-state index contributed by atoms with van der Waals surface area (Å²) >= 11 is 0. The van der Waals surface area contributed by atoms with Crippen LogP contribution >= 0.6 is 0 Å². The molecule has 0 bridgehead atoms. The quantitative estimate of drug-likeness (QED) is 0.739. The van der Waals surface area contributed by atoms with Crippen molar-refractivity contribution in [3.63, 3.8) is 0 Å². The van der Waals surface area contributed by atoms with Gasteiger partial charge in [0, 0.05) is 31.6 Å². The SMILES string of the molecule is C1CC2(C1)CCNC2.CCN1CCC2(CNC2)C1. The summed E-state index contributed by atoms with van der Waals surface area (Å²) in [5, 5.41) is 6.78. The molecule has 1 aliphatic carbocycles. The normalized spacial score (nSPS) is 31.8. The Morgan fingerprint density at radius 2 is 1.72 bits per heavy atom. The Balaban J connectivity index is 0.000000114. The molecule has 0 aromatic carbocycles. The molecule has 0 unspecified atom stereocenters. The van der Waals surface area contributed by atoms with E-state index in [0.29, 0.717) is 5.41 Å². The number of hydrogen-bond acceptors (Lipinski definition) is 3. The Bertz CT molecular complexity index is 273. The van der Waals surface area contributed by atoms with Gasteiger partial charge in [0.25, 0.3) is 0 Å². The minimum atomic E-state index is 0.704. The van der Waals surface area contributed by atoms with Crippen molar-refractivity contribution in [1.29, 1.82) is 0 Å². The van der Waals surface area contributed by atoms with E-state index in [1.807, 2.05) is 0 Å². The summed E-state index contributed by atoms with van der Waals surface area (Å²) in [5.41, 5.74) is 1.51. The third-order valence-electron chi connectivity index (χ3n) is 5.71. The maximum atomic E-state index is 3.42. The number of rotatable bonds is 1. The molecule has 0 atom stereocenters. The van der Waals surface area contributed by atoms with Crippen LogP contribution in [0.5, 0.6) is 0 Å². The van der Waals surface area contributed by atoms with Crippen LogP contribution in [0.1, 0.15) is 39.0 Å². The first-order chi connectivity index (χ1) is 8.76. The van der Waals surface area contributed by atoms with Gasteiger partial charge in [0.05, 0.1) is 0 Å². The molecule has 104 valence electrons. The van der Waals surface area contributed by atoms with Crippen molar-refractivity contribution < 1.29 is 0 Å². The second-order valence-corrected chi connectivity index (χ2v) is 7.00. The van der Waals surface area contributed by atoms with Gasteiger partial charge in [-0.2, -0.15) is 0 Å². The van der Waals surface area contributed by atoms with Gasteiger partial charge >= 0.3 is 0 Å². The lowest BCUT2D eigenvalue weighted by Gasteiger charge is -2.39. The highest BCUT2D eigenvalue weighted by Gasteiger charge is 2.42. The van der Waals surface area contributed by atoms with E-state index in [1.165, 1.54) is 77.9 Å². The highest BCUT2D eigenvalue weighted by molar-refractivity contribution is 4.99. The average molecular weight is 251 g/mol. The molecular formula is C15H29N3. The van der Waals surface area contributed by atoms with E-state index in [1.54, 1.807) is 0 Å². The van der Waals surface area contributed by atoms with Gasteiger partial charge in [-0.15, -0.1) is 0 Å². The number of hydrogen-bond donors (Lipinski definition) is 2. The second kappa shape index (κ2) is 5.10. The van der Waals surface area contributed by atoms with E-state index in [0.717, 1.165) is 5.41 Å². The van der Waals surface area contributed by atoms with Gasteiger partial charge in [-0.25, -0.2) is 0 Å². The fraction of sp³-hybridized carbons (Fsp3) is 1.00. The molecular weight excluding hydrogens is 222 g/mol. The molecule has 0 amide bonds. The van der Waals surface area contributed by atoms with Gasteiger partial charge in [-0.05, 0) is 50.7 Å². The standard InChI is InChI=1S/C8H16N2.C7H13N/c1-2-10-4-3-8(7-10)5-9-6-8;1-2-7(3-1)4-5-8-6-7/h9H,2-7H2,1H3;8H,1-6H2. The summed E-state index contributed by atoms with van der Waals surface area (Å²) in [6.07, 6.45) is 7.36. The lowest BCUT2D eigenvalue weighted by Crippen LogP contribution is -2.54. The fourth-order valence-electron chi connectivity index (χ4n) is 3.96. The van der Waals surface area contributed by atoms with Crippen molar-refractivity contribution in [1.82, 2.24) is 15.5 Å². The predicted octanol–water partition coefficient (Wildman–Crippen LogP) is 1.45. The maximum absolute atomic E-state index is 3.42. The maximum Gasteiger partial charge on any atom is 0.00918 e. The van der Waals surface area contributed by atoms with E-state index in [9.17, 15) is 0 Å². The molecule has 4 aliphatic rings. The summed E-state index contributed by atoms with van der Waals surface area (Å²) in [6.45, 7) is 11.3. The van der Waals surface area contributed by atoms with E-state index in [4.69, 9.17) is 0 Å². The van der Waals surface area contributed by atoms with Gasteiger partial charge < -0.3 is 15.5 Å². The van der Waals surface area contributed by atoms with Crippen LogP contribution in [0.25, 0.3) is 0 Å². The molecule has 2 N–H and O–H groups in total. The van der Waals surface area contributed by atoms with Crippen LogP contribution < -0.4 is 10.6 Å². The Kier molecular flexibility index (Phi) is 3.65. The molecule has 3 heteroatoms. The first kappa shape index (κ1) is 12.9. The van der Waals surface area contributed by atoms with Gasteiger partial charge in [-0.3, -0.25) is 0 Å². The smallest absolute Gasteiger partial charge is 0.00918 e. The van der Waals surface area contributed by atoms with Crippen LogP contribution in [0, 0.1) is 10.8 Å². The molecule has 0 radical (unpaired) electrons. The van der Waals surface area contributed by atoms with E-state index in [-0.39, 0.29) is 0 Å². The molecule has 3 aliphatic heterocycles. The molecule has 0 aromatic heterocycles. The lowest BCUT2D eigenvalue weighted by molar-refractivity contribution is 0.163. The molecule has 0 aromatic rings. The molecule has 2 spiro atoms. The Labute approximate surface area is 112 Å². The number of nitrogens with zero attached hydrogens (tertiary/aromatic N) is 1. The van der Waals surface area contributed by atoms with Crippen LogP contribution in [0.15, 0.2) is 0 Å². The summed E-state index contributed by atoms with van der Waals surface area (Å²) < 4.78 is 0. The Hall–Kier alpha value is -0.120. The zero-order valence-corrected chi connectivity index (χ0v) is 11.9. The molecule has 18 heavy (non-hydrogen) atoms. The minimum Gasteiger partial charge on any atom is -0.316 e. The van der Waals surface area contributed by atoms with E-state index < -0.39 is 0 Å².